The van der Waals surface area contributed by atoms with Crippen molar-refractivity contribution in [3.05, 3.63) is 35.9 Å². The lowest BCUT2D eigenvalue weighted by atomic mass is 10.00. The Morgan fingerprint density at radius 1 is 1.35 bits per heavy atom. The van der Waals surface area contributed by atoms with Gasteiger partial charge in [0.2, 0.25) is 5.91 Å². The number of morpholine rings is 1. The van der Waals surface area contributed by atoms with Crippen LogP contribution in [0, 0.1) is 0 Å². The van der Waals surface area contributed by atoms with Crippen molar-refractivity contribution >= 4 is 18.5 Å². The Bertz CT molecular complexity index is 421. The maximum absolute atomic E-state index is 12.8. The van der Waals surface area contributed by atoms with Crippen LogP contribution in [0.2, 0.25) is 0 Å². The monoisotopic (exact) mass is 294 g/mol. The van der Waals surface area contributed by atoms with Gasteiger partial charge in [0.05, 0.1) is 19.1 Å². The normalized spacial score (nSPS) is 17.7. The lowest BCUT2D eigenvalue weighted by Crippen LogP contribution is -2.52. The van der Waals surface area contributed by atoms with Gasteiger partial charge in [-0.25, -0.2) is 5.01 Å². The van der Waals surface area contributed by atoms with Crippen LogP contribution in [-0.4, -0.2) is 54.5 Å². The molecule has 1 saturated heterocycles. The molecule has 110 valence electrons. The van der Waals surface area contributed by atoms with Crippen LogP contribution in [0.4, 0.5) is 0 Å². The molecule has 0 aromatic heterocycles. The summed E-state index contributed by atoms with van der Waals surface area (Å²) in [4.78, 5) is 12.8. The Hall–Kier alpha value is -1.04. The summed E-state index contributed by atoms with van der Waals surface area (Å²) >= 11 is 4.37. The van der Waals surface area contributed by atoms with Crippen LogP contribution in [0.15, 0.2) is 30.3 Å². The summed E-state index contributed by atoms with van der Waals surface area (Å²) in [5, 5.41) is 3.93. The topological polar surface area (TPSA) is 32.8 Å². The summed E-state index contributed by atoms with van der Waals surface area (Å²) < 4.78 is 5.35. The molecule has 20 heavy (non-hydrogen) atoms. The number of hydrazine groups is 1. The molecule has 5 heteroatoms. The molecular formula is C15H22N2O2S. The smallest absolute Gasteiger partial charge is 0.245 e. The molecule has 0 saturated carbocycles. The number of carbonyl (C=O) groups is 1. The van der Waals surface area contributed by atoms with Crippen molar-refractivity contribution in [1.82, 2.24) is 10.0 Å². The third-order valence-electron chi connectivity index (χ3n) is 3.57. The Labute approximate surface area is 126 Å². The number of ether oxygens (including phenoxy) is 1. The first kappa shape index (κ1) is 15.4. The van der Waals surface area contributed by atoms with Crippen molar-refractivity contribution in [3.63, 3.8) is 0 Å². The van der Waals surface area contributed by atoms with E-state index in [1.165, 1.54) is 0 Å². The molecule has 1 fully saturated rings. The van der Waals surface area contributed by atoms with Crippen LogP contribution in [0.3, 0.4) is 0 Å². The van der Waals surface area contributed by atoms with Crippen LogP contribution in [0.5, 0.6) is 0 Å². The van der Waals surface area contributed by atoms with Gasteiger partial charge in [-0.2, -0.15) is 12.6 Å². The summed E-state index contributed by atoms with van der Waals surface area (Å²) in [6.07, 6.45) is 0. The summed E-state index contributed by atoms with van der Waals surface area (Å²) in [6, 6.07) is 9.87. The molecule has 1 heterocycles. The standard InChI is InChI=1S/C15H22N2O2S/c1-2-17(16-8-10-19-11-9-16)15(18)14(12-20)13-6-4-3-5-7-13/h3-7,14,20H,2,8-12H2,1H3. The molecular weight excluding hydrogens is 272 g/mol. The van der Waals surface area contributed by atoms with E-state index in [1.807, 2.05) is 42.3 Å². The van der Waals surface area contributed by atoms with E-state index in [9.17, 15) is 4.79 Å². The van der Waals surface area contributed by atoms with E-state index in [-0.39, 0.29) is 11.8 Å². The first-order valence-electron chi connectivity index (χ1n) is 7.07. The number of amides is 1. The van der Waals surface area contributed by atoms with Gasteiger partial charge in [0.25, 0.3) is 0 Å². The van der Waals surface area contributed by atoms with E-state index in [2.05, 4.69) is 17.6 Å². The first-order chi connectivity index (χ1) is 9.77. The Morgan fingerprint density at radius 2 is 2.00 bits per heavy atom. The van der Waals surface area contributed by atoms with Crippen molar-refractivity contribution in [1.29, 1.82) is 0 Å². The molecule has 1 aliphatic rings. The molecule has 1 atom stereocenters. The summed E-state index contributed by atoms with van der Waals surface area (Å²) in [7, 11) is 0. The Kier molecular flexibility index (Phi) is 5.88. The van der Waals surface area contributed by atoms with Crippen LogP contribution < -0.4 is 0 Å². The van der Waals surface area contributed by atoms with Gasteiger partial charge in [-0.05, 0) is 12.5 Å². The largest absolute Gasteiger partial charge is 0.379 e. The third kappa shape index (κ3) is 3.53. The van der Waals surface area contributed by atoms with Gasteiger partial charge in [0.15, 0.2) is 0 Å². The SMILES string of the molecule is CCN(C(=O)C(CS)c1ccccc1)N1CCOCC1. The highest BCUT2D eigenvalue weighted by Crippen LogP contribution is 2.21. The molecule has 0 radical (unpaired) electrons. The predicted octanol–water partition coefficient (Wildman–Crippen LogP) is 1.80. The Balaban J connectivity index is 2.13. The second-order valence-corrected chi connectivity index (χ2v) is 5.13. The molecule has 2 rings (SSSR count). The van der Waals surface area contributed by atoms with Gasteiger partial charge >= 0.3 is 0 Å². The quantitative estimate of drug-likeness (QED) is 0.841. The molecule has 0 spiro atoms. The van der Waals surface area contributed by atoms with Crippen LogP contribution >= 0.6 is 12.6 Å². The number of rotatable bonds is 5. The first-order valence-corrected chi connectivity index (χ1v) is 7.71. The van der Waals surface area contributed by atoms with Gasteiger partial charge in [-0.1, -0.05) is 30.3 Å². The highest BCUT2D eigenvalue weighted by molar-refractivity contribution is 7.80. The third-order valence-corrected chi connectivity index (χ3v) is 3.93. The van der Waals surface area contributed by atoms with Gasteiger partial charge in [-0.3, -0.25) is 9.80 Å². The second kappa shape index (κ2) is 7.67. The van der Waals surface area contributed by atoms with Gasteiger partial charge in [0.1, 0.15) is 0 Å². The number of likely N-dealkylation sites (N-methyl/N-ethyl adjacent to an activating group) is 1. The number of benzene rings is 1. The highest BCUT2D eigenvalue weighted by Gasteiger charge is 2.28. The average molecular weight is 294 g/mol. The summed E-state index contributed by atoms with van der Waals surface area (Å²) in [6.45, 7) is 5.59. The maximum Gasteiger partial charge on any atom is 0.245 e. The fourth-order valence-corrected chi connectivity index (χ4v) is 2.85. The maximum atomic E-state index is 12.8. The predicted molar refractivity (Wildman–Crippen MR) is 82.8 cm³/mol. The van der Waals surface area contributed by atoms with Crippen molar-refractivity contribution in [3.8, 4) is 0 Å². The molecule has 4 nitrogen and oxygen atoms in total. The van der Waals surface area contributed by atoms with E-state index in [4.69, 9.17) is 4.74 Å². The van der Waals surface area contributed by atoms with E-state index in [0.29, 0.717) is 25.5 Å². The van der Waals surface area contributed by atoms with E-state index in [0.717, 1.165) is 18.7 Å². The van der Waals surface area contributed by atoms with Crippen LogP contribution in [-0.2, 0) is 9.53 Å². The second-order valence-electron chi connectivity index (χ2n) is 4.77. The highest BCUT2D eigenvalue weighted by atomic mass is 32.1. The molecule has 0 aliphatic carbocycles. The minimum Gasteiger partial charge on any atom is -0.379 e. The zero-order chi connectivity index (χ0) is 14.4. The molecule has 0 bridgehead atoms. The van der Waals surface area contributed by atoms with Crippen LogP contribution in [0.25, 0.3) is 0 Å². The van der Waals surface area contributed by atoms with Crippen molar-refractivity contribution < 1.29 is 9.53 Å². The van der Waals surface area contributed by atoms with E-state index in [1.54, 1.807) is 0 Å². The van der Waals surface area contributed by atoms with E-state index < -0.39 is 0 Å². The van der Waals surface area contributed by atoms with Gasteiger partial charge in [-0.15, -0.1) is 0 Å². The molecule has 1 unspecified atom stereocenters. The average Bonchev–Trinajstić information content (AvgIpc) is 2.51. The minimum absolute atomic E-state index is 0.121. The number of thiol groups is 1. The van der Waals surface area contributed by atoms with Gasteiger partial charge in [0, 0.05) is 25.4 Å². The van der Waals surface area contributed by atoms with Crippen molar-refractivity contribution in [2.45, 2.75) is 12.8 Å². The van der Waals surface area contributed by atoms with Crippen molar-refractivity contribution in [2.75, 3.05) is 38.6 Å². The molecule has 1 aromatic carbocycles. The summed E-state index contributed by atoms with van der Waals surface area (Å²) in [5.41, 5.74) is 1.03. The number of carbonyl (C=O) groups excluding carboxylic acids is 1. The molecule has 1 aromatic rings. The fraction of sp³-hybridized carbons (Fsp3) is 0.533. The zero-order valence-corrected chi connectivity index (χ0v) is 12.8. The van der Waals surface area contributed by atoms with Crippen LogP contribution in [0.1, 0.15) is 18.4 Å². The lowest BCUT2D eigenvalue weighted by molar-refractivity contribution is -0.157. The molecule has 0 N–H and O–H groups in total. The molecule has 1 aliphatic heterocycles. The van der Waals surface area contributed by atoms with Crippen molar-refractivity contribution in [2.24, 2.45) is 0 Å². The van der Waals surface area contributed by atoms with Gasteiger partial charge < -0.3 is 4.74 Å². The Morgan fingerprint density at radius 3 is 2.55 bits per heavy atom. The lowest BCUT2D eigenvalue weighted by Gasteiger charge is -2.38. The minimum atomic E-state index is -0.192. The van der Waals surface area contributed by atoms with E-state index >= 15 is 0 Å². The fourth-order valence-electron chi connectivity index (χ4n) is 2.48. The summed E-state index contributed by atoms with van der Waals surface area (Å²) in [5.74, 6) is 0.446. The molecule has 1 amide bonds. The number of hydrogen-bond acceptors (Lipinski definition) is 4. The number of hydrogen-bond donors (Lipinski definition) is 1. The zero-order valence-electron chi connectivity index (χ0n) is 11.9. The number of nitrogens with zero attached hydrogens (tertiary/aromatic N) is 2.